The highest BCUT2D eigenvalue weighted by atomic mass is 16.6. The summed E-state index contributed by atoms with van der Waals surface area (Å²) >= 11 is 0. The van der Waals surface area contributed by atoms with E-state index in [1.165, 1.54) is 28.0 Å². The van der Waals surface area contributed by atoms with Crippen LogP contribution in [0, 0.1) is 10.1 Å². The molecule has 9 nitrogen and oxygen atoms in total. The van der Waals surface area contributed by atoms with Gasteiger partial charge in [-0.05, 0) is 26.8 Å². The van der Waals surface area contributed by atoms with Crippen molar-refractivity contribution < 1.29 is 24.0 Å². The van der Waals surface area contributed by atoms with Gasteiger partial charge in [0.05, 0.1) is 29.2 Å². The lowest BCUT2D eigenvalue weighted by atomic mass is 10.1. The fourth-order valence-corrected chi connectivity index (χ4v) is 2.84. The number of anilines is 1. The summed E-state index contributed by atoms with van der Waals surface area (Å²) in [5.74, 6) is -1.31. The Morgan fingerprint density at radius 2 is 2.04 bits per heavy atom. The first-order valence-corrected chi connectivity index (χ1v) is 8.31. The molecule has 0 fully saturated rings. The molecule has 0 unspecified atom stereocenters. The standard InChI is InChI=1S/C17H21N3O6/c1-4-26-16(22)7-8-18-10-15(21)19(11(2)3)14-6-5-12(20(24)25)9-13(14)17(18)23/h5-6,9,11H,4,7-8,10H2,1-3H3. The van der Waals surface area contributed by atoms with Crippen LogP contribution in [-0.4, -0.2) is 53.3 Å². The van der Waals surface area contributed by atoms with E-state index in [9.17, 15) is 24.5 Å². The SMILES string of the molecule is CCOC(=O)CCN1CC(=O)N(C(C)C)c2ccc([N+](=O)[O-])cc2C1=O. The fourth-order valence-electron chi connectivity index (χ4n) is 2.84. The Hall–Kier alpha value is -2.97. The molecule has 9 heteroatoms. The molecule has 0 bridgehead atoms. The summed E-state index contributed by atoms with van der Waals surface area (Å²) in [5, 5.41) is 11.1. The van der Waals surface area contributed by atoms with E-state index in [-0.39, 0.29) is 49.3 Å². The number of carbonyl (C=O) groups excluding carboxylic acids is 3. The van der Waals surface area contributed by atoms with Crippen LogP contribution >= 0.6 is 0 Å². The molecule has 0 atom stereocenters. The number of nitro groups is 1. The molecule has 0 radical (unpaired) electrons. The lowest BCUT2D eigenvalue weighted by Gasteiger charge is -2.26. The summed E-state index contributed by atoms with van der Waals surface area (Å²) in [7, 11) is 0. The summed E-state index contributed by atoms with van der Waals surface area (Å²) in [6.07, 6.45) is -0.0567. The number of rotatable bonds is 6. The minimum absolute atomic E-state index is 0.00251. The van der Waals surface area contributed by atoms with E-state index in [4.69, 9.17) is 4.74 Å². The maximum atomic E-state index is 12.9. The zero-order valence-electron chi connectivity index (χ0n) is 14.9. The highest BCUT2D eigenvalue weighted by Gasteiger charge is 2.34. The first-order valence-electron chi connectivity index (χ1n) is 8.31. The average Bonchev–Trinajstić information content (AvgIpc) is 2.67. The summed E-state index contributed by atoms with van der Waals surface area (Å²) in [4.78, 5) is 50.2. The van der Waals surface area contributed by atoms with Crippen molar-refractivity contribution >= 4 is 29.2 Å². The highest BCUT2D eigenvalue weighted by molar-refractivity contribution is 6.10. The van der Waals surface area contributed by atoms with E-state index in [1.54, 1.807) is 20.8 Å². The molecule has 2 rings (SSSR count). The van der Waals surface area contributed by atoms with Crippen molar-refractivity contribution in [3.8, 4) is 0 Å². The number of nitro benzene ring substituents is 1. The van der Waals surface area contributed by atoms with Gasteiger partial charge in [0.15, 0.2) is 0 Å². The third kappa shape index (κ3) is 3.98. The zero-order valence-corrected chi connectivity index (χ0v) is 14.9. The first-order chi connectivity index (χ1) is 12.3. The molecule has 1 aromatic rings. The number of hydrogen-bond acceptors (Lipinski definition) is 6. The number of esters is 1. The monoisotopic (exact) mass is 363 g/mol. The van der Waals surface area contributed by atoms with Gasteiger partial charge in [0.25, 0.3) is 11.6 Å². The van der Waals surface area contributed by atoms with Crippen molar-refractivity contribution in [1.29, 1.82) is 0 Å². The quantitative estimate of drug-likeness (QED) is 0.432. The van der Waals surface area contributed by atoms with Crippen LogP contribution in [0.3, 0.4) is 0 Å². The molecule has 140 valence electrons. The molecule has 0 saturated heterocycles. The van der Waals surface area contributed by atoms with Gasteiger partial charge in [-0.1, -0.05) is 0 Å². The van der Waals surface area contributed by atoms with Gasteiger partial charge in [-0.25, -0.2) is 0 Å². The normalized spacial score (nSPS) is 14.3. The van der Waals surface area contributed by atoms with E-state index >= 15 is 0 Å². The Morgan fingerprint density at radius 3 is 2.62 bits per heavy atom. The maximum absolute atomic E-state index is 12.9. The zero-order chi connectivity index (χ0) is 19.4. The number of nitrogens with zero attached hydrogens (tertiary/aromatic N) is 3. The Bertz CT molecular complexity index is 746. The van der Waals surface area contributed by atoms with Crippen molar-refractivity contribution in [3.05, 3.63) is 33.9 Å². The third-order valence-corrected chi connectivity index (χ3v) is 3.97. The number of benzene rings is 1. The van der Waals surface area contributed by atoms with Crippen molar-refractivity contribution in [3.63, 3.8) is 0 Å². The minimum Gasteiger partial charge on any atom is -0.466 e. The smallest absolute Gasteiger partial charge is 0.307 e. The number of amides is 2. The second-order valence-electron chi connectivity index (χ2n) is 6.10. The summed E-state index contributed by atoms with van der Waals surface area (Å²) in [6.45, 7) is 5.27. The van der Waals surface area contributed by atoms with Gasteiger partial charge in [-0.2, -0.15) is 0 Å². The van der Waals surface area contributed by atoms with Crippen molar-refractivity contribution in [2.75, 3.05) is 24.6 Å². The summed E-state index contributed by atoms with van der Waals surface area (Å²) in [6, 6.07) is 3.62. The predicted octanol–water partition coefficient (Wildman–Crippen LogP) is 1.75. The number of ether oxygens (including phenoxy) is 1. The number of non-ortho nitro benzene ring substituents is 1. The van der Waals surface area contributed by atoms with Gasteiger partial charge in [-0.3, -0.25) is 24.5 Å². The van der Waals surface area contributed by atoms with Crippen LogP contribution in [0.25, 0.3) is 0 Å². The first kappa shape index (κ1) is 19.4. The van der Waals surface area contributed by atoms with Crippen molar-refractivity contribution in [1.82, 2.24) is 4.90 Å². The van der Waals surface area contributed by atoms with Crippen molar-refractivity contribution in [2.24, 2.45) is 0 Å². The van der Waals surface area contributed by atoms with Crippen LogP contribution in [0.2, 0.25) is 0 Å². The molecule has 1 aliphatic rings. The van der Waals surface area contributed by atoms with E-state index in [2.05, 4.69) is 0 Å². The molecule has 0 N–H and O–H groups in total. The lowest BCUT2D eigenvalue weighted by molar-refractivity contribution is -0.384. The molecule has 26 heavy (non-hydrogen) atoms. The number of hydrogen-bond donors (Lipinski definition) is 0. The van der Waals surface area contributed by atoms with Crippen LogP contribution in [-0.2, 0) is 14.3 Å². The second kappa shape index (κ2) is 7.94. The largest absolute Gasteiger partial charge is 0.466 e. The molecule has 1 heterocycles. The van der Waals surface area contributed by atoms with Gasteiger partial charge in [0, 0.05) is 24.7 Å². The van der Waals surface area contributed by atoms with Gasteiger partial charge >= 0.3 is 5.97 Å². The van der Waals surface area contributed by atoms with E-state index in [0.29, 0.717) is 5.69 Å². The Labute approximate surface area is 150 Å². The predicted molar refractivity (Wildman–Crippen MR) is 92.9 cm³/mol. The molecule has 0 spiro atoms. The maximum Gasteiger partial charge on any atom is 0.307 e. The van der Waals surface area contributed by atoms with Crippen LogP contribution < -0.4 is 4.90 Å². The highest BCUT2D eigenvalue weighted by Crippen LogP contribution is 2.30. The second-order valence-corrected chi connectivity index (χ2v) is 6.10. The molecule has 1 aliphatic heterocycles. The van der Waals surface area contributed by atoms with E-state index in [0.717, 1.165) is 0 Å². The van der Waals surface area contributed by atoms with Gasteiger partial charge in [-0.15, -0.1) is 0 Å². The van der Waals surface area contributed by atoms with Gasteiger partial charge < -0.3 is 14.5 Å². The van der Waals surface area contributed by atoms with Gasteiger partial charge in [0.1, 0.15) is 6.54 Å². The van der Waals surface area contributed by atoms with Crippen molar-refractivity contribution in [2.45, 2.75) is 33.2 Å². The third-order valence-electron chi connectivity index (χ3n) is 3.97. The van der Waals surface area contributed by atoms with Crippen LogP contribution in [0.15, 0.2) is 18.2 Å². The van der Waals surface area contributed by atoms with Crippen LogP contribution in [0.5, 0.6) is 0 Å². The summed E-state index contributed by atoms with van der Waals surface area (Å²) in [5.41, 5.74) is 0.169. The summed E-state index contributed by atoms with van der Waals surface area (Å²) < 4.78 is 4.84. The Morgan fingerprint density at radius 1 is 1.35 bits per heavy atom. The molecule has 0 saturated carbocycles. The molecular formula is C17H21N3O6. The Balaban J connectivity index is 2.42. The van der Waals surface area contributed by atoms with Crippen LogP contribution in [0.4, 0.5) is 11.4 Å². The molecule has 2 amide bonds. The molecule has 1 aromatic carbocycles. The molecular weight excluding hydrogens is 342 g/mol. The number of fused-ring (bicyclic) bond motifs is 1. The topological polar surface area (TPSA) is 110 Å². The minimum atomic E-state index is -0.594. The van der Waals surface area contributed by atoms with Crippen LogP contribution in [0.1, 0.15) is 37.6 Å². The lowest BCUT2D eigenvalue weighted by Crippen LogP contribution is -2.43. The average molecular weight is 363 g/mol. The van der Waals surface area contributed by atoms with E-state index < -0.39 is 16.8 Å². The molecule has 0 aliphatic carbocycles. The number of carbonyl (C=O) groups is 3. The molecule has 0 aromatic heterocycles. The van der Waals surface area contributed by atoms with E-state index in [1.807, 2.05) is 0 Å². The Kier molecular flexibility index (Phi) is 5.91. The van der Waals surface area contributed by atoms with Gasteiger partial charge in [0.2, 0.25) is 5.91 Å². The fraction of sp³-hybridized carbons (Fsp3) is 0.471.